The molecule has 1 aromatic rings. The Morgan fingerprint density at radius 3 is 2.92 bits per heavy atom. The summed E-state index contributed by atoms with van der Waals surface area (Å²) in [5, 5.41) is 12.4. The van der Waals surface area contributed by atoms with E-state index < -0.39 is 0 Å². The van der Waals surface area contributed by atoms with Gasteiger partial charge in [0.25, 0.3) is 0 Å². The van der Waals surface area contributed by atoms with Crippen LogP contribution in [0.3, 0.4) is 0 Å². The first kappa shape index (κ1) is 10.5. The summed E-state index contributed by atoms with van der Waals surface area (Å²) in [6, 6.07) is 8.30. The molecule has 0 spiro atoms. The predicted molar refractivity (Wildman–Crippen MR) is 55.2 cm³/mol. The Hall–Kier alpha value is -0.570. The second kappa shape index (κ2) is 4.61. The summed E-state index contributed by atoms with van der Waals surface area (Å²) in [7, 11) is 0. The average Bonchev–Trinajstić information content (AvgIpc) is 2.17. The molecule has 0 aromatic heterocycles. The Labute approximate surface area is 84.4 Å². The van der Waals surface area contributed by atoms with Gasteiger partial charge in [-0.1, -0.05) is 24.3 Å². The van der Waals surface area contributed by atoms with E-state index in [9.17, 15) is 0 Å². The van der Waals surface area contributed by atoms with Crippen LogP contribution in [0.4, 0.5) is 0 Å². The molecule has 0 bridgehead atoms. The van der Waals surface area contributed by atoms with E-state index in [0.717, 1.165) is 13.1 Å². The molecule has 1 aliphatic rings. The van der Waals surface area contributed by atoms with Gasteiger partial charge >= 0.3 is 0 Å². The van der Waals surface area contributed by atoms with Crippen LogP contribution in [0.15, 0.2) is 24.3 Å². The van der Waals surface area contributed by atoms with Crippen molar-refractivity contribution in [2.45, 2.75) is 12.5 Å². The largest absolute Gasteiger partial charge is 0.396 e. The highest BCUT2D eigenvalue weighted by Crippen LogP contribution is 2.22. The van der Waals surface area contributed by atoms with Gasteiger partial charge in [0.15, 0.2) is 0 Å². The van der Waals surface area contributed by atoms with Crippen molar-refractivity contribution in [3.05, 3.63) is 35.4 Å². The molecule has 0 amide bonds. The summed E-state index contributed by atoms with van der Waals surface area (Å²) in [5.74, 6) is 0.287. The van der Waals surface area contributed by atoms with E-state index in [2.05, 4.69) is 17.4 Å². The van der Waals surface area contributed by atoms with E-state index in [1.165, 1.54) is 11.1 Å². The summed E-state index contributed by atoms with van der Waals surface area (Å²) >= 11 is 0. The van der Waals surface area contributed by atoms with Crippen LogP contribution in [-0.4, -0.2) is 18.3 Å². The minimum atomic E-state index is 0. The SMILES string of the molecule is Cl.OCC1CNCc2ccccc21. The number of halogens is 1. The van der Waals surface area contributed by atoms with Crippen LogP contribution in [0.1, 0.15) is 17.0 Å². The summed E-state index contributed by atoms with van der Waals surface area (Å²) in [4.78, 5) is 0. The first-order chi connectivity index (χ1) is 5.92. The van der Waals surface area contributed by atoms with Gasteiger partial charge in [0.2, 0.25) is 0 Å². The summed E-state index contributed by atoms with van der Waals surface area (Å²) in [5.41, 5.74) is 2.63. The number of rotatable bonds is 1. The van der Waals surface area contributed by atoms with Gasteiger partial charge in [-0.15, -0.1) is 12.4 Å². The molecule has 1 unspecified atom stereocenters. The first-order valence-electron chi connectivity index (χ1n) is 4.31. The molecule has 1 aromatic carbocycles. The molecule has 2 N–H and O–H groups in total. The minimum Gasteiger partial charge on any atom is -0.396 e. The van der Waals surface area contributed by atoms with Gasteiger partial charge in [-0.3, -0.25) is 0 Å². The summed E-state index contributed by atoms with van der Waals surface area (Å²) < 4.78 is 0. The van der Waals surface area contributed by atoms with Crippen molar-refractivity contribution in [3.63, 3.8) is 0 Å². The van der Waals surface area contributed by atoms with Gasteiger partial charge in [-0.2, -0.15) is 0 Å². The van der Waals surface area contributed by atoms with Crippen molar-refractivity contribution in [3.8, 4) is 0 Å². The molecule has 2 rings (SSSR count). The molecular weight excluding hydrogens is 186 g/mol. The van der Waals surface area contributed by atoms with Crippen LogP contribution in [-0.2, 0) is 6.54 Å². The molecule has 0 radical (unpaired) electrons. The molecule has 1 heterocycles. The third kappa shape index (κ3) is 2.02. The molecule has 0 saturated carbocycles. The van der Waals surface area contributed by atoms with E-state index in [-0.39, 0.29) is 24.9 Å². The smallest absolute Gasteiger partial charge is 0.0512 e. The summed E-state index contributed by atoms with van der Waals surface area (Å²) in [6.07, 6.45) is 0. The Morgan fingerprint density at radius 1 is 1.38 bits per heavy atom. The number of benzene rings is 1. The van der Waals surface area contributed by atoms with Gasteiger partial charge < -0.3 is 10.4 Å². The second-order valence-corrected chi connectivity index (χ2v) is 3.21. The quantitative estimate of drug-likeness (QED) is 0.715. The van der Waals surface area contributed by atoms with Gasteiger partial charge in [-0.25, -0.2) is 0 Å². The Morgan fingerprint density at radius 2 is 2.15 bits per heavy atom. The third-order valence-corrected chi connectivity index (χ3v) is 2.42. The molecule has 0 fully saturated rings. The van der Waals surface area contributed by atoms with Crippen molar-refractivity contribution in [1.29, 1.82) is 0 Å². The van der Waals surface area contributed by atoms with E-state index in [1.54, 1.807) is 0 Å². The lowest BCUT2D eigenvalue weighted by Gasteiger charge is -2.24. The monoisotopic (exact) mass is 199 g/mol. The van der Waals surface area contributed by atoms with E-state index in [1.807, 2.05) is 12.1 Å². The van der Waals surface area contributed by atoms with E-state index >= 15 is 0 Å². The molecular formula is C10H14ClNO. The lowest BCUT2D eigenvalue weighted by molar-refractivity contribution is 0.256. The van der Waals surface area contributed by atoms with Crippen LogP contribution in [0.5, 0.6) is 0 Å². The zero-order chi connectivity index (χ0) is 8.39. The highest BCUT2D eigenvalue weighted by Gasteiger charge is 2.17. The fourth-order valence-electron chi connectivity index (χ4n) is 1.75. The zero-order valence-electron chi connectivity index (χ0n) is 7.36. The lowest BCUT2D eigenvalue weighted by Crippen LogP contribution is -2.29. The van der Waals surface area contributed by atoms with Crippen molar-refractivity contribution < 1.29 is 5.11 Å². The molecule has 1 atom stereocenters. The molecule has 72 valence electrons. The normalized spacial score (nSPS) is 20.2. The van der Waals surface area contributed by atoms with Crippen molar-refractivity contribution in [1.82, 2.24) is 5.32 Å². The standard InChI is InChI=1S/C10H13NO.ClH/c12-7-9-6-11-5-8-3-1-2-4-10(8)9;/h1-4,9,11-12H,5-7H2;1H. The second-order valence-electron chi connectivity index (χ2n) is 3.21. The van der Waals surface area contributed by atoms with Crippen LogP contribution < -0.4 is 5.32 Å². The topological polar surface area (TPSA) is 32.3 Å². The number of hydrogen-bond donors (Lipinski definition) is 2. The van der Waals surface area contributed by atoms with Crippen molar-refractivity contribution in [2.75, 3.05) is 13.2 Å². The maximum Gasteiger partial charge on any atom is 0.0512 e. The predicted octanol–water partition coefficient (Wildman–Crippen LogP) is 1.29. The van der Waals surface area contributed by atoms with Gasteiger partial charge in [0.05, 0.1) is 6.61 Å². The van der Waals surface area contributed by atoms with Crippen LogP contribution >= 0.6 is 12.4 Å². The highest BCUT2D eigenvalue weighted by atomic mass is 35.5. The maximum atomic E-state index is 9.10. The Kier molecular flexibility index (Phi) is 3.72. The fourth-order valence-corrected chi connectivity index (χ4v) is 1.75. The molecule has 0 saturated heterocycles. The number of nitrogens with one attached hydrogen (secondary N) is 1. The third-order valence-electron chi connectivity index (χ3n) is 2.42. The Balaban J connectivity index is 0.000000845. The molecule has 1 aliphatic heterocycles. The minimum absolute atomic E-state index is 0. The van der Waals surface area contributed by atoms with E-state index in [4.69, 9.17) is 5.11 Å². The average molecular weight is 200 g/mol. The van der Waals surface area contributed by atoms with Gasteiger partial charge in [-0.05, 0) is 11.1 Å². The number of hydrogen-bond acceptors (Lipinski definition) is 2. The van der Waals surface area contributed by atoms with Crippen molar-refractivity contribution >= 4 is 12.4 Å². The lowest BCUT2D eigenvalue weighted by atomic mass is 9.92. The number of aliphatic hydroxyl groups excluding tert-OH is 1. The molecule has 13 heavy (non-hydrogen) atoms. The van der Waals surface area contributed by atoms with Crippen LogP contribution in [0.25, 0.3) is 0 Å². The number of fused-ring (bicyclic) bond motifs is 1. The van der Waals surface area contributed by atoms with E-state index in [0.29, 0.717) is 0 Å². The van der Waals surface area contributed by atoms with Gasteiger partial charge in [0, 0.05) is 19.0 Å². The Bertz CT molecular complexity index is 277. The number of aliphatic hydroxyl groups is 1. The first-order valence-corrected chi connectivity index (χ1v) is 4.31. The highest BCUT2D eigenvalue weighted by molar-refractivity contribution is 5.85. The zero-order valence-corrected chi connectivity index (χ0v) is 8.18. The fraction of sp³-hybridized carbons (Fsp3) is 0.400. The van der Waals surface area contributed by atoms with Gasteiger partial charge in [0.1, 0.15) is 0 Å². The van der Waals surface area contributed by atoms with Crippen molar-refractivity contribution in [2.24, 2.45) is 0 Å². The molecule has 2 nitrogen and oxygen atoms in total. The maximum absolute atomic E-state index is 9.10. The molecule has 0 aliphatic carbocycles. The van der Waals surface area contributed by atoms with Crippen LogP contribution in [0, 0.1) is 0 Å². The van der Waals surface area contributed by atoms with Crippen LogP contribution in [0.2, 0.25) is 0 Å². The summed E-state index contributed by atoms with van der Waals surface area (Å²) in [6.45, 7) is 2.07. The molecule has 3 heteroatoms.